The Hall–Kier alpha value is -2.59. The van der Waals surface area contributed by atoms with Gasteiger partial charge < -0.3 is 9.84 Å². The fraction of sp³-hybridized carbons (Fsp3) is 0.375. The summed E-state index contributed by atoms with van der Waals surface area (Å²) in [6, 6.07) is 12.9. The van der Waals surface area contributed by atoms with Gasteiger partial charge in [0.05, 0.1) is 22.5 Å². The molecule has 0 amide bonds. The van der Waals surface area contributed by atoms with Crippen LogP contribution in [0.3, 0.4) is 0 Å². The smallest absolute Gasteiger partial charge is 0.310 e. The van der Waals surface area contributed by atoms with E-state index in [1.165, 1.54) is 11.3 Å². The molecule has 1 unspecified atom stereocenters. The number of aliphatic hydroxyl groups is 1. The van der Waals surface area contributed by atoms with Gasteiger partial charge in [-0.3, -0.25) is 9.36 Å². The van der Waals surface area contributed by atoms with Crippen molar-refractivity contribution in [2.24, 2.45) is 0 Å². The molecule has 1 aromatic carbocycles. The molecular formula is C24H30N4O3SSi. The van der Waals surface area contributed by atoms with E-state index in [-0.39, 0.29) is 17.4 Å². The van der Waals surface area contributed by atoms with E-state index < -0.39 is 8.07 Å². The van der Waals surface area contributed by atoms with Crippen LogP contribution in [0.15, 0.2) is 53.6 Å². The van der Waals surface area contributed by atoms with Gasteiger partial charge in [0.2, 0.25) is 0 Å². The summed E-state index contributed by atoms with van der Waals surface area (Å²) in [5, 5.41) is 13.9. The van der Waals surface area contributed by atoms with Crippen LogP contribution in [-0.4, -0.2) is 39.1 Å². The van der Waals surface area contributed by atoms with Crippen LogP contribution in [0.4, 0.5) is 0 Å². The number of aliphatic hydroxyl groups excluding tert-OH is 1. The second-order valence-corrected chi connectivity index (χ2v) is 16.1. The number of fused-ring (bicyclic) bond motifs is 1. The number of hydrogen-bond acceptors (Lipinski definition) is 6. The van der Waals surface area contributed by atoms with Crippen LogP contribution >= 0.6 is 11.3 Å². The maximum Gasteiger partial charge on any atom is 0.310 e. The highest BCUT2D eigenvalue weighted by Gasteiger charge is 2.16. The Morgan fingerprint density at radius 3 is 2.70 bits per heavy atom. The predicted octanol–water partition coefficient (Wildman–Crippen LogP) is 4.60. The summed E-state index contributed by atoms with van der Waals surface area (Å²) in [7, 11) is -1.15. The minimum atomic E-state index is -1.15. The molecule has 1 atom stereocenters. The largest absolute Gasteiger partial charge is 0.392 e. The number of thiazole rings is 1. The van der Waals surface area contributed by atoms with Crippen LogP contribution < -0.4 is 4.87 Å². The molecule has 1 N–H and O–H groups in total. The molecule has 0 aliphatic carbocycles. The lowest BCUT2D eigenvalue weighted by molar-refractivity contribution is 0.0888. The van der Waals surface area contributed by atoms with Crippen molar-refractivity contribution in [2.75, 3.05) is 6.61 Å². The minimum absolute atomic E-state index is 0.00415. The van der Waals surface area contributed by atoms with E-state index in [0.29, 0.717) is 19.2 Å². The molecule has 3 heterocycles. The summed E-state index contributed by atoms with van der Waals surface area (Å²) < 4.78 is 10.2. The summed E-state index contributed by atoms with van der Waals surface area (Å²) in [4.78, 5) is 16.9. The lowest BCUT2D eigenvalue weighted by Crippen LogP contribution is -2.23. The highest BCUT2D eigenvalue weighted by Crippen LogP contribution is 2.28. The van der Waals surface area contributed by atoms with Crippen molar-refractivity contribution >= 4 is 29.6 Å². The average molecular weight is 483 g/mol. The summed E-state index contributed by atoms with van der Waals surface area (Å²) >= 11 is 1.25. The van der Waals surface area contributed by atoms with E-state index in [1.807, 2.05) is 30.5 Å². The number of ether oxygens (including phenoxy) is 1. The van der Waals surface area contributed by atoms with E-state index in [2.05, 4.69) is 43.7 Å². The Balaban J connectivity index is 1.50. The van der Waals surface area contributed by atoms with Crippen molar-refractivity contribution in [1.82, 2.24) is 19.3 Å². The topological polar surface area (TPSA) is 82.2 Å². The van der Waals surface area contributed by atoms with Crippen LogP contribution in [0.5, 0.6) is 0 Å². The van der Waals surface area contributed by atoms with Crippen LogP contribution in [-0.2, 0) is 18.1 Å². The van der Waals surface area contributed by atoms with Gasteiger partial charge in [0.25, 0.3) is 0 Å². The highest BCUT2D eigenvalue weighted by atomic mass is 32.1. The molecule has 0 saturated carbocycles. The van der Waals surface area contributed by atoms with Gasteiger partial charge in [-0.1, -0.05) is 50.0 Å². The van der Waals surface area contributed by atoms with Gasteiger partial charge in [0.1, 0.15) is 6.73 Å². The molecule has 0 spiro atoms. The first-order chi connectivity index (χ1) is 15.7. The average Bonchev–Trinajstić information content (AvgIpc) is 3.40. The van der Waals surface area contributed by atoms with E-state index in [9.17, 15) is 9.90 Å². The number of hydrogen-bond donors (Lipinski definition) is 1. The van der Waals surface area contributed by atoms with Crippen molar-refractivity contribution in [2.45, 2.75) is 51.9 Å². The third-order valence-electron chi connectivity index (χ3n) is 5.69. The van der Waals surface area contributed by atoms with E-state index >= 15 is 0 Å². The summed E-state index contributed by atoms with van der Waals surface area (Å²) in [6.45, 7) is 10.0. The molecule has 0 radical (unpaired) electrons. The molecule has 33 heavy (non-hydrogen) atoms. The molecular weight excluding hydrogens is 452 g/mol. The first-order valence-electron chi connectivity index (χ1n) is 11.1. The zero-order chi connectivity index (χ0) is 23.6. The van der Waals surface area contributed by atoms with Crippen molar-refractivity contribution in [3.8, 4) is 5.82 Å². The minimum Gasteiger partial charge on any atom is -0.392 e. The van der Waals surface area contributed by atoms with Crippen LogP contribution in [0.1, 0.15) is 29.7 Å². The molecule has 174 valence electrons. The van der Waals surface area contributed by atoms with Crippen LogP contribution in [0, 0.1) is 0 Å². The monoisotopic (exact) mass is 482 g/mol. The molecule has 9 heteroatoms. The molecule has 0 saturated heterocycles. The zero-order valence-electron chi connectivity index (χ0n) is 19.5. The molecule has 0 aliphatic heterocycles. The first-order valence-corrected chi connectivity index (χ1v) is 15.6. The SMILES string of the molecule is CC(c1ccc2c(c1)sc(=O)n2COCC[Si](C)(C)C)c1ccn(-c2ccc(CO)cn2)n1. The molecule has 0 fully saturated rings. The van der Waals surface area contributed by atoms with Crippen LogP contribution in [0.25, 0.3) is 16.0 Å². The molecule has 7 nitrogen and oxygen atoms in total. The fourth-order valence-corrected chi connectivity index (χ4v) is 5.21. The maximum atomic E-state index is 12.6. The van der Waals surface area contributed by atoms with Gasteiger partial charge in [-0.2, -0.15) is 5.10 Å². The second-order valence-electron chi connectivity index (χ2n) is 9.46. The summed E-state index contributed by atoms with van der Waals surface area (Å²) in [5.41, 5.74) is 3.70. The lowest BCUT2D eigenvalue weighted by atomic mass is 9.98. The summed E-state index contributed by atoms with van der Waals surface area (Å²) in [6.07, 6.45) is 3.54. The number of pyridine rings is 1. The van der Waals surface area contributed by atoms with Crippen LogP contribution in [0.2, 0.25) is 25.7 Å². The molecule has 4 aromatic rings. The van der Waals surface area contributed by atoms with Gasteiger partial charge in [0.15, 0.2) is 5.82 Å². The first kappa shape index (κ1) is 23.6. The zero-order valence-corrected chi connectivity index (χ0v) is 21.3. The Morgan fingerprint density at radius 2 is 2.00 bits per heavy atom. The molecule has 4 rings (SSSR count). The predicted molar refractivity (Wildman–Crippen MR) is 135 cm³/mol. The number of nitrogens with zero attached hydrogens (tertiary/aromatic N) is 4. The molecule has 0 aliphatic rings. The number of rotatable bonds is 9. The van der Waals surface area contributed by atoms with Gasteiger partial charge >= 0.3 is 4.87 Å². The van der Waals surface area contributed by atoms with E-state index in [1.54, 1.807) is 15.4 Å². The lowest BCUT2D eigenvalue weighted by Gasteiger charge is -2.15. The van der Waals surface area contributed by atoms with Crippen molar-refractivity contribution in [3.05, 3.63) is 75.3 Å². The van der Waals surface area contributed by atoms with E-state index in [0.717, 1.165) is 33.1 Å². The van der Waals surface area contributed by atoms with Crippen molar-refractivity contribution in [3.63, 3.8) is 0 Å². The number of benzene rings is 1. The second kappa shape index (κ2) is 9.72. The Morgan fingerprint density at radius 1 is 1.18 bits per heavy atom. The Labute approximate surface area is 198 Å². The van der Waals surface area contributed by atoms with Gasteiger partial charge in [-0.25, -0.2) is 9.67 Å². The quantitative estimate of drug-likeness (QED) is 0.278. The maximum absolute atomic E-state index is 12.6. The van der Waals surface area contributed by atoms with Crippen molar-refractivity contribution in [1.29, 1.82) is 0 Å². The van der Waals surface area contributed by atoms with Crippen molar-refractivity contribution < 1.29 is 9.84 Å². The Bertz CT molecular complexity index is 1290. The van der Waals surface area contributed by atoms with Gasteiger partial charge in [-0.05, 0) is 41.4 Å². The van der Waals surface area contributed by atoms with E-state index in [4.69, 9.17) is 9.84 Å². The highest BCUT2D eigenvalue weighted by molar-refractivity contribution is 7.16. The Kier molecular flexibility index (Phi) is 6.94. The molecule has 0 bridgehead atoms. The normalized spacial score (nSPS) is 13.0. The third-order valence-corrected chi connectivity index (χ3v) is 8.33. The molecule has 3 aromatic heterocycles. The third kappa shape index (κ3) is 5.49. The number of aromatic nitrogens is 4. The standard InChI is InChI=1S/C24H30N4O3SSi/c1-17(20-9-10-28(26-20)23-8-5-18(15-29)14-25-23)19-6-7-21-22(13-19)32-24(30)27(21)16-31-11-12-33(2,3)4/h5-10,13-14,17,29H,11-12,15-16H2,1-4H3. The van der Waals surface area contributed by atoms with Gasteiger partial charge in [0, 0.05) is 33.0 Å². The van der Waals surface area contributed by atoms with Gasteiger partial charge in [-0.15, -0.1) is 0 Å². The summed E-state index contributed by atoms with van der Waals surface area (Å²) in [5.74, 6) is 0.761. The fourth-order valence-electron chi connectivity index (χ4n) is 3.52.